The van der Waals surface area contributed by atoms with Gasteiger partial charge in [0.05, 0.1) is 51.2 Å². The van der Waals surface area contributed by atoms with Crippen molar-refractivity contribution in [2.45, 2.75) is 110 Å². The maximum atomic E-state index is 12.7. The smallest absolute Gasteiger partial charge is 0.265 e. The molecule has 42 heavy (non-hydrogen) atoms. The second-order valence-corrected chi connectivity index (χ2v) is 17.3. The maximum absolute atomic E-state index is 12.7. The summed E-state index contributed by atoms with van der Waals surface area (Å²) in [5, 5.41) is 36.6. The van der Waals surface area contributed by atoms with Gasteiger partial charge in [0.25, 0.3) is 10.1 Å². The lowest BCUT2D eigenvalue weighted by molar-refractivity contribution is -0.890. The number of fused-ring (bicyclic) bond motifs is 5. The SMILES string of the molecule is CC(CCC(=O)NCCC[N+](C)(C)CCCS(=O)(=O)O)C1CC[C@H]2[C@@H]3C(O)C[C@@H]4CC(O)CC[C@]4(C)[C@@H]3CC(O)[C@]12C. The molecule has 0 spiro atoms. The van der Waals surface area contributed by atoms with E-state index >= 15 is 0 Å². The first-order valence-electron chi connectivity index (χ1n) is 16.6. The number of carbonyl (C=O) groups is 1. The summed E-state index contributed by atoms with van der Waals surface area (Å²) < 4.78 is 31.5. The first kappa shape index (κ1) is 34.1. The fourth-order valence-electron chi connectivity index (χ4n) is 10.3. The third kappa shape index (κ3) is 7.20. The lowest BCUT2D eigenvalue weighted by Gasteiger charge is -2.63. The summed E-state index contributed by atoms with van der Waals surface area (Å²) >= 11 is 0. The fraction of sp³-hybridized carbons (Fsp3) is 0.969. The topological polar surface area (TPSA) is 144 Å². The summed E-state index contributed by atoms with van der Waals surface area (Å²) in [5.74, 6) is 1.52. The Bertz CT molecular complexity index is 1050. The number of aliphatic hydroxyl groups excluding tert-OH is 3. The van der Waals surface area contributed by atoms with Crippen molar-refractivity contribution in [1.29, 1.82) is 0 Å². The van der Waals surface area contributed by atoms with Gasteiger partial charge in [-0.2, -0.15) is 8.42 Å². The van der Waals surface area contributed by atoms with E-state index in [1.807, 2.05) is 14.1 Å². The molecule has 5 N–H and O–H groups in total. The van der Waals surface area contributed by atoms with Crippen LogP contribution in [-0.2, 0) is 14.9 Å². The summed E-state index contributed by atoms with van der Waals surface area (Å²) in [6.45, 7) is 8.87. The molecule has 4 fully saturated rings. The fourth-order valence-corrected chi connectivity index (χ4v) is 10.8. The molecule has 0 radical (unpaired) electrons. The molecule has 0 aromatic heterocycles. The number of hydrogen-bond donors (Lipinski definition) is 5. The molecule has 0 bridgehead atoms. The van der Waals surface area contributed by atoms with Crippen LogP contribution in [0.4, 0.5) is 0 Å². The number of rotatable bonds is 12. The molecule has 0 saturated heterocycles. The number of amides is 1. The van der Waals surface area contributed by atoms with Crippen LogP contribution in [-0.4, -0.2) is 96.5 Å². The summed E-state index contributed by atoms with van der Waals surface area (Å²) in [5.41, 5.74) is -0.185. The van der Waals surface area contributed by atoms with Crippen LogP contribution in [0.2, 0.25) is 0 Å². The highest BCUT2D eigenvalue weighted by Gasteiger charge is 2.65. The van der Waals surface area contributed by atoms with Gasteiger partial charge >= 0.3 is 0 Å². The molecule has 4 rings (SSSR count). The van der Waals surface area contributed by atoms with Gasteiger partial charge in [0, 0.05) is 25.8 Å². The lowest BCUT2D eigenvalue weighted by atomic mass is 9.43. The van der Waals surface area contributed by atoms with Crippen molar-refractivity contribution in [3.8, 4) is 0 Å². The number of nitrogens with one attached hydrogen (secondary N) is 1. The van der Waals surface area contributed by atoms with Gasteiger partial charge in [0.15, 0.2) is 0 Å². The molecule has 0 aromatic rings. The Morgan fingerprint density at radius 1 is 1.00 bits per heavy atom. The number of quaternary nitrogens is 1. The quantitative estimate of drug-likeness (QED) is 0.129. The standard InChI is InChI=1S/C32H58N2O7S/c1-21(8-11-29(38)33-14-6-15-34(4,5)16-7-17-42(39,40)41)24-9-10-25-30-26(20-28(37)32(24,25)3)31(2)13-12-23(35)18-22(31)19-27(30)36/h21-28,30,35-37H,6-20H2,1-5H3,(H-,33,38,39,40,41)/p+1/t21?,22-,23?,24?,25-,26+,27?,28?,30-,31-,32+/m0/s1. The van der Waals surface area contributed by atoms with Crippen molar-refractivity contribution in [2.75, 3.05) is 39.5 Å². The summed E-state index contributed by atoms with van der Waals surface area (Å²) in [6, 6.07) is 0. The van der Waals surface area contributed by atoms with Crippen LogP contribution in [0.3, 0.4) is 0 Å². The molecule has 0 heterocycles. The highest BCUT2D eigenvalue weighted by atomic mass is 32.2. The van der Waals surface area contributed by atoms with Gasteiger partial charge < -0.3 is 25.1 Å². The van der Waals surface area contributed by atoms with Crippen molar-refractivity contribution >= 4 is 16.0 Å². The Hall–Kier alpha value is -0.780. The van der Waals surface area contributed by atoms with E-state index in [2.05, 4.69) is 26.1 Å². The van der Waals surface area contributed by atoms with Gasteiger partial charge in [-0.25, -0.2) is 0 Å². The minimum Gasteiger partial charge on any atom is -0.393 e. The predicted molar refractivity (Wildman–Crippen MR) is 163 cm³/mol. The highest BCUT2D eigenvalue weighted by molar-refractivity contribution is 7.85. The number of nitrogens with zero attached hydrogens (tertiary/aromatic N) is 1. The maximum Gasteiger partial charge on any atom is 0.265 e. The summed E-state index contributed by atoms with van der Waals surface area (Å²) in [4.78, 5) is 12.7. The Morgan fingerprint density at radius 3 is 2.38 bits per heavy atom. The zero-order chi connectivity index (χ0) is 31.1. The van der Waals surface area contributed by atoms with Gasteiger partial charge in [0.2, 0.25) is 5.91 Å². The van der Waals surface area contributed by atoms with E-state index in [9.17, 15) is 28.5 Å². The minimum absolute atomic E-state index is 0.0450. The first-order chi connectivity index (χ1) is 19.5. The molecule has 4 saturated carbocycles. The number of aliphatic hydroxyl groups is 3. The monoisotopic (exact) mass is 615 g/mol. The highest BCUT2D eigenvalue weighted by Crippen LogP contribution is 2.68. The van der Waals surface area contributed by atoms with Gasteiger partial charge in [-0.15, -0.1) is 0 Å². The van der Waals surface area contributed by atoms with Crippen LogP contribution in [0.5, 0.6) is 0 Å². The molecule has 9 nitrogen and oxygen atoms in total. The van der Waals surface area contributed by atoms with Crippen LogP contribution < -0.4 is 5.32 Å². The zero-order valence-electron chi connectivity index (χ0n) is 26.7. The molecule has 0 aliphatic heterocycles. The Morgan fingerprint density at radius 2 is 1.69 bits per heavy atom. The van der Waals surface area contributed by atoms with E-state index in [-0.39, 0.29) is 52.5 Å². The van der Waals surface area contributed by atoms with Crippen LogP contribution in [0.15, 0.2) is 0 Å². The lowest BCUT2D eigenvalue weighted by Crippen LogP contribution is -2.62. The van der Waals surface area contributed by atoms with Crippen molar-refractivity contribution in [3.05, 3.63) is 0 Å². The van der Waals surface area contributed by atoms with Crippen molar-refractivity contribution < 1.29 is 37.6 Å². The second kappa shape index (κ2) is 12.9. The molecule has 4 aliphatic rings. The van der Waals surface area contributed by atoms with Gasteiger partial charge in [-0.3, -0.25) is 9.35 Å². The Kier molecular flexibility index (Phi) is 10.5. The second-order valence-electron chi connectivity index (χ2n) is 15.8. The van der Waals surface area contributed by atoms with E-state index in [4.69, 9.17) is 4.55 Å². The van der Waals surface area contributed by atoms with E-state index in [0.717, 1.165) is 64.3 Å². The molecular formula is C32H59N2O7S+. The first-order valence-corrected chi connectivity index (χ1v) is 18.2. The van der Waals surface area contributed by atoms with Crippen molar-refractivity contribution in [3.63, 3.8) is 0 Å². The van der Waals surface area contributed by atoms with Crippen molar-refractivity contribution in [2.24, 2.45) is 46.3 Å². The predicted octanol–water partition coefficient (Wildman–Crippen LogP) is 3.22. The molecule has 4 aliphatic carbocycles. The van der Waals surface area contributed by atoms with Gasteiger partial charge in [-0.05, 0) is 97.7 Å². The summed E-state index contributed by atoms with van der Waals surface area (Å²) in [7, 11) is 0.114. The Balaban J connectivity index is 1.27. The van der Waals surface area contributed by atoms with Crippen LogP contribution in [0.25, 0.3) is 0 Å². The minimum atomic E-state index is -3.93. The molecule has 1 amide bonds. The molecule has 10 heteroatoms. The molecule has 5 unspecified atom stereocenters. The average molecular weight is 616 g/mol. The average Bonchev–Trinajstić information content (AvgIpc) is 3.24. The van der Waals surface area contributed by atoms with Crippen LogP contribution in [0, 0.1) is 46.3 Å². The van der Waals surface area contributed by atoms with Gasteiger partial charge in [-0.1, -0.05) is 20.8 Å². The number of hydrogen-bond acceptors (Lipinski definition) is 6. The third-order valence-corrected chi connectivity index (χ3v) is 13.6. The van der Waals surface area contributed by atoms with Crippen LogP contribution in [0.1, 0.15) is 91.4 Å². The Labute approximate surface area is 254 Å². The van der Waals surface area contributed by atoms with E-state index in [1.165, 1.54) is 0 Å². The van der Waals surface area contributed by atoms with E-state index in [1.54, 1.807) is 0 Å². The molecule has 0 aromatic carbocycles. The largest absolute Gasteiger partial charge is 0.393 e. The van der Waals surface area contributed by atoms with E-state index in [0.29, 0.717) is 48.2 Å². The third-order valence-electron chi connectivity index (χ3n) is 12.8. The summed E-state index contributed by atoms with van der Waals surface area (Å²) in [6.07, 6.45) is 7.47. The van der Waals surface area contributed by atoms with Crippen LogP contribution >= 0.6 is 0 Å². The molecule has 11 atom stereocenters. The van der Waals surface area contributed by atoms with Gasteiger partial charge in [0.1, 0.15) is 0 Å². The molecule has 244 valence electrons. The normalized spacial score (nSPS) is 41.0. The van der Waals surface area contributed by atoms with E-state index < -0.39 is 16.2 Å². The number of carbonyl (C=O) groups excluding carboxylic acids is 1. The van der Waals surface area contributed by atoms with Crippen molar-refractivity contribution in [1.82, 2.24) is 5.32 Å². The molecular weight excluding hydrogens is 556 g/mol. The zero-order valence-corrected chi connectivity index (χ0v) is 27.5.